The van der Waals surface area contributed by atoms with E-state index in [0.717, 1.165) is 5.69 Å². The van der Waals surface area contributed by atoms with Crippen LogP contribution in [0.5, 0.6) is 11.5 Å². The van der Waals surface area contributed by atoms with Crippen LogP contribution in [0.25, 0.3) is 0 Å². The first-order chi connectivity index (χ1) is 13.1. The maximum atomic E-state index is 12.4. The lowest BCUT2D eigenvalue weighted by Gasteiger charge is -2.11. The highest BCUT2D eigenvalue weighted by Gasteiger charge is 2.10. The summed E-state index contributed by atoms with van der Waals surface area (Å²) in [4.78, 5) is 16.7. The summed E-state index contributed by atoms with van der Waals surface area (Å²) in [6.45, 7) is 0. The highest BCUT2D eigenvalue weighted by atomic mass is 35.5. The van der Waals surface area contributed by atoms with Gasteiger partial charge in [-0.25, -0.2) is 4.98 Å². The van der Waals surface area contributed by atoms with Gasteiger partial charge in [-0.1, -0.05) is 17.7 Å². The lowest BCUT2D eigenvalue weighted by atomic mass is 10.2. The number of carbonyl (C=O) groups excluding carboxylic acids is 1. The number of halogens is 1. The van der Waals surface area contributed by atoms with Crippen molar-refractivity contribution in [3.63, 3.8) is 0 Å². The van der Waals surface area contributed by atoms with Gasteiger partial charge in [0.15, 0.2) is 11.5 Å². The second kappa shape index (κ2) is 8.42. The molecule has 2 aromatic carbocycles. The molecular weight excluding hydrogens is 366 g/mol. The third-order valence-electron chi connectivity index (χ3n) is 3.76. The van der Waals surface area contributed by atoms with Gasteiger partial charge in [-0.05, 0) is 42.5 Å². The fourth-order valence-corrected chi connectivity index (χ4v) is 2.62. The van der Waals surface area contributed by atoms with Gasteiger partial charge in [0.05, 0.1) is 19.8 Å². The molecule has 0 aliphatic heterocycles. The number of nitrogens with zero attached hydrogens (tertiary/aromatic N) is 1. The average Bonchev–Trinajstić information content (AvgIpc) is 2.68. The summed E-state index contributed by atoms with van der Waals surface area (Å²) in [6.07, 6.45) is 1.50. The predicted octanol–water partition coefficient (Wildman–Crippen LogP) is 4.75. The normalized spacial score (nSPS) is 10.2. The van der Waals surface area contributed by atoms with Crippen LogP contribution in [-0.2, 0) is 0 Å². The third-order valence-corrected chi connectivity index (χ3v) is 4.00. The Hall–Kier alpha value is -3.25. The molecule has 6 nitrogen and oxygen atoms in total. The number of ether oxygens (including phenoxy) is 2. The maximum absolute atomic E-state index is 12.4. The zero-order valence-electron chi connectivity index (χ0n) is 14.8. The smallest absolute Gasteiger partial charge is 0.257 e. The molecule has 138 valence electrons. The Morgan fingerprint density at radius 1 is 0.963 bits per heavy atom. The minimum Gasteiger partial charge on any atom is -0.493 e. The summed E-state index contributed by atoms with van der Waals surface area (Å²) in [6, 6.07) is 15.9. The van der Waals surface area contributed by atoms with Crippen LogP contribution in [0.3, 0.4) is 0 Å². The van der Waals surface area contributed by atoms with E-state index in [4.69, 9.17) is 21.1 Å². The number of benzene rings is 2. The van der Waals surface area contributed by atoms with Gasteiger partial charge in [0.25, 0.3) is 5.91 Å². The highest BCUT2D eigenvalue weighted by molar-refractivity contribution is 6.30. The van der Waals surface area contributed by atoms with E-state index in [1.165, 1.54) is 6.20 Å². The fourth-order valence-electron chi connectivity index (χ4n) is 2.43. The summed E-state index contributed by atoms with van der Waals surface area (Å²) < 4.78 is 10.4. The Bertz CT molecular complexity index is 945. The SMILES string of the molecule is COc1ccc(NC(=O)c2ccc(Nc3cccc(Cl)c3)nc2)cc1OC. The van der Waals surface area contributed by atoms with E-state index in [0.29, 0.717) is 33.6 Å². The number of rotatable bonds is 6. The van der Waals surface area contributed by atoms with Crippen LogP contribution in [0.2, 0.25) is 5.02 Å². The van der Waals surface area contributed by atoms with E-state index < -0.39 is 0 Å². The number of aromatic nitrogens is 1. The van der Waals surface area contributed by atoms with Gasteiger partial charge in [0.1, 0.15) is 5.82 Å². The van der Waals surface area contributed by atoms with E-state index in [9.17, 15) is 4.79 Å². The lowest BCUT2D eigenvalue weighted by molar-refractivity contribution is 0.102. The summed E-state index contributed by atoms with van der Waals surface area (Å²) >= 11 is 5.97. The first kappa shape index (κ1) is 18.5. The first-order valence-corrected chi connectivity index (χ1v) is 8.49. The minimum absolute atomic E-state index is 0.274. The summed E-state index contributed by atoms with van der Waals surface area (Å²) in [7, 11) is 3.10. The molecule has 0 saturated heterocycles. The van der Waals surface area contributed by atoms with Crippen molar-refractivity contribution in [1.29, 1.82) is 0 Å². The van der Waals surface area contributed by atoms with Crippen LogP contribution >= 0.6 is 11.6 Å². The molecule has 2 N–H and O–H groups in total. The van der Waals surface area contributed by atoms with E-state index in [-0.39, 0.29) is 5.91 Å². The standard InChI is InChI=1S/C20H18ClN3O3/c1-26-17-8-7-16(11-18(17)27-2)24-20(25)13-6-9-19(22-12-13)23-15-5-3-4-14(21)10-15/h3-12H,1-2H3,(H,22,23)(H,24,25). The average molecular weight is 384 g/mol. The Kier molecular flexibility index (Phi) is 5.78. The van der Waals surface area contributed by atoms with Gasteiger partial charge >= 0.3 is 0 Å². The minimum atomic E-state index is -0.274. The van der Waals surface area contributed by atoms with Gasteiger partial charge in [-0.15, -0.1) is 0 Å². The molecule has 0 radical (unpaired) electrons. The van der Waals surface area contributed by atoms with Crippen molar-refractivity contribution in [2.24, 2.45) is 0 Å². The number of hydrogen-bond acceptors (Lipinski definition) is 5. The number of amides is 1. The Morgan fingerprint density at radius 2 is 1.78 bits per heavy atom. The molecule has 0 unspecified atom stereocenters. The molecule has 3 aromatic rings. The molecule has 1 amide bonds. The monoisotopic (exact) mass is 383 g/mol. The van der Waals surface area contributed by atoms with Crippen LogP contribution in [-0.4, -0.2) is 25.1 Å². The predicted molar refractivity (Wildman–Crippen MR) is 106 cm³/mol. The molecule has 0 spiro atoms. The molecule has 27 heavy (non-hydrogen) atoms. The van der Waals surface area contributed by atoms with Gasteiger partial charge in [-0.3, -0.25) is 4.79 Å². The molecular formula is C20H18ClN3O3. The van der Waals surface area contributed by atoms with Gasteiger partial charge in [-0.2, -0.15) is 0 Å². The molecule has 1 aromatic heterocycles. The maximum Gasteiger partial charge on any atom is 0.257 e. The van der Waals surface area contributed by atoms with Gasteiger partial charge in [0.2, 0.25) is 0 Å². The van der Waals surface area contributed by atoms with E-state index in [1.807, 2.05) is 12.1 Å². The van der Waals surface area contributed by atoms with Crippen molar-refractivity contribution in [2.75, 3.05) is 24.9 Å². The number of anilines is 3. The van der Waals surface area contributed by atoms with Crippen molar-refractivity contribution in [1.82, 2.24) is 4.98 Å². The number of pyridine rings is 1. The lowest BCUT2D eigenvalue weighted by Crippen LogP contribution is -2.12. The number of nitrogens with one attached hydrogen (secondary N) is 2. The highest BCUT2D eigenvalue weighted by Crippen LogP contribution is 2.30. The molecule has 0 aliphatic carbocycles. The largest absolute Gasteiger partial charge is 0.493 e. The quantitative estimate of drug-likeness (QED) is 0.642. The summed E-state index contributed by atoms with van der Waals surface area (Å²) in [5.41, 5.74) is 1.85. The topological polar surface area (TPSA) is 72.5 Å². The molecule has 7 heteroatoms. The number of carbonyl (C=O) groups is 1. The van der Waals surface area contributed by atoms with Crippen molar-refractivity contribution < 1.29 is 14.3 Å². The van der Waals surface area contributed by atoms with Crippen molar-refractivity contribution in [3.8, 4) is 11.5 Å². The van der Waals surface area contributed by atoms with Crippen molar-refractivity contribution in [2.45, 2.75) is 0 Å². The Morgan fingerprint density at radius 3 is 2.44 bits per heavy atom. The van der Waals surface area contributed by atoms with E-state index in [1.54, 1.807) is 56.7 Å². The van der Waals surface area contributed by atoms with Gasteiger partial charge in [0, 0.05) is 28.7 Å². The Balaban J connectivity index is 1.68. The van der Waals surface area contributed by atoms with Crippen LogP contribution in [0, 0.1) is 0 Å². The second-order valence-electron chi connectivity index (χ2n) is 5.59. The van der Waals surface area contributed by atoms with Gasteiger partial charge < -0.3 is 20.1 Å². The van der Waals surface area contributed by atoms with E-state index in [2.05, 4.69) is 15.6 Å². The number of methoxy groups -OCH3 is 2. The summed E-state index contributed by atoms with van der Waals surface area (Å²) in [5.74, 6) is 1.46. The molecule has 0 fully saturated rings. The molecule has 1 heterocycles. The van der Waals surface area contributed by atoms with Crippen molar-refractivity contribution >= 4 is 34.7 Å². The molecule has 0 aliphatic rings. The first-order valence-electron chi connectivity index (χ1n) is 8.11. The van der Waals surface area contributed by atoms with Crippen molar-refractivity contribution in [3.05, 3.63) is 71.4 Å². The molecule has 0 atom stereocenters. The zero-order valence-corrected chi connectivity index (χ0v) is 15.6. The fraction of sp³-hybridized carbons (Fsp3) is 0.100. The van der Waals surface area contributed by atoms with Crippen LogP contribution < -0.4 is 20.1 Å². The second-order valence-corrected chi connectivity index (χ2v) is 6.03. The zero-order chi connectivity index (χ0) is 19.2. The molecule has 3 rings (SSSR count). The number of hydrogen-bond donors (Lipinski definition) is 2. The Labute approximate surface area is 162 Å². The van der Waals surface area contributed by atoms with Crippen LogP contribution in [0.15, 0.2) is 60.8 Å². The molecule has 0 saturated carbocycles. The summed E-state index contributed by atoms with van der Waals surface area (Å²) in [5, 5.41) is 6.57. The molecule has 0 bridgehead atoms. The van der Waals surface area contributed by atoms with E-state index >= 15 is 0 Å². The van der Waals surface area contributed by atoms with Crippen LogP contribution in [0.1, 0.15) is 10.4 Å². The third kappa shape index (κ3) is 4.68. The van der Waals surface area contributed by atoms with Crippen LogP contribution in [0.4, 0.5) is 17.2 Å².